The second-order valence-electron chi connectivity index (χ2n) is 5.62. The number of hydrogen-bond acceptors (Lipinski definition) is 5. The topological polar surface area (TPSA) is 60.2 Å². The highest BCUT2D eigenvalue weighted by Crippen LogP contribution is 2.29. The molecule has 0 bridgehead atoms. The highest BCUT2D eigenvalue weighted by atomic mass is 16.5. The van der Waals surface area contributed by atoms with Gasteiger partial charge in [-0.2, -0.15) is 4.98 Å². The van der Waals surface area contributed by atoms with E-state index in [-0.39, 0.29) is 0 Å². The van der Waals surface area contributed by atoms with Gasteiger partial charge in [-0.15, -0.1) is 0 Å². The highest BCUT2D eigenvalue weighted by molar-refractivity contribution is 5.56. The van der Waals surface area contributed by atoms with Gasteiger partial charge >= 0.3 is 0 Å². The number of fused-ring (bicyclic) bond motifs is 1. The molecule has 1 unspecified atom stereocenters. The molecule has 2 heterocycles. The molecule has 0 radical (unpaired) electrons. The smallest absolute Gasteiger partial charge is 0.258 e. The molecule has 1 aromatic heterocycles. The van der Waals surface area contributed by atoms with Crippen LogP contribution in [0.2, 0.25) is 0 Å². The fourth-order valence-electron chi connectivity index (χ4n) is 2.56. The van der Waals surface area contributed by atoms with Crippen molar-refractivity contribution in [1.29, 1.82) is 0 Å². The predicted octanol–water partition coefficient (Wildman–Crippen LogP) is 2.65. The molecule has 1 aliphatic rings. The van der Waals surface area contributed by atoms with Gasteiger partial charge in [-0.25, -0.2) is 0 Å². The standard InChI is InChI=1S/C16H21N3O2/c1-4-16(2,20-3)15-18-14(21-19-15)12-6-5-11-7-8-17-10-13(11)9-12/h5-6,9,17H,4,7-8,10H2,1-3H3. The van der Waals surface area contributed by atoms with Crippen LogP contribution in [-0.4, -0.2) is 23.8 Å². The summed E-state index contributed by atoms with van der Waals surface area (Å²) < 4.78 is 10.9. The Labute approximate surface area is 124 Å². The first-order valence-electron chi connectivity index (χ1n) is 7.38. The number of benzene rings is 1. The van der Waals surface area contributed by atoms with E-state index in [0.29, 0.717) is 11.7 Å². The van der Waals surface area contributed by atoms with E-state index < -0.39 is 5.60 Å². The van der Waals surface area contributed by atoms with Crippen molar-refractivity contribution in [3.05, 3.63) is 35.2 Å². The zero-order valence-electron chi connectivity index (χ0n) is 12.8. The fourth-order valence-corrected chi connectivity index (χ4v) is 2.56. The molecule has 0 saturated carbocycles. The second-order valence-corrected chi connectivity index (χ2v) is 5.62. The third kappa shape index (κ3) is 2.59. The SMILES string of the molecule is CCC(C)(OC)c1noc(-c2ccc3c(c2)CNCC3)n1. The number of aromatic nitrogens is 2. The minimum Gasteiger partial charge on any atom is -0.370 e. The van der Waals surface area contributed by atoms with Crippen molar-refractivity contribution < 1.29 is 9.26 Å². The molecule has 0 fully saturated rings. The fraction of sp³-hybridized carbons (Fsp3) is 0.500. The van der Waals surface area contributed by atoms with Gasteiger partial charge in [0.1, 0.15) is 5.60 Å². The van der Waals surface area contributed by atoms with Crippen molar-refractivity contribution in [2.75, 3.05) is 13.7 Å². The van der Waals surface area contributed by atoms with Crippen molar-refractivity contribution in [2.45, 2.75) is 38.8 Å². The maximum Gasteiger partial charge on any atom is 0.258 e. The van der Waals surface area contributed by atoms with E-state index in [9.17, 15) is 0 Å². The van der Waals surface area contributed by atoms with Crippen LogP contribution in [0.5, 0.6) is 0 Å². The summed E-state index contributed by atoms with van der Waals surface area (Å²) >= 11 is 0. The summed E-state index contributed by atoms with van der Waals surface area (Å²) in [6.45, 7) is 5.96. The summed E-state index contributed by atoms with van der Waals surface area (Å²) in [5.74, 6) is 1.15. The van der Waals surface area contributed by atoms with Gasteiger partial charge in [-0.3, -0.25) is 0 Å². The Balaban J connectivity index is 1.93. The Morgan fingerprint density at radius 3 is 3.00 bits per heavy atom. The van der Waals surface area contributed by atoms with Crippen molar-refractivity contribution in [1.82, 2.24) is 15.5 Å². The van der Waals surface area contributed by atoms with Crippen molar-refractivity contribution in [3.63, 3.8) is 0 Å². The Bertz CT molecular complexity index is 632. The number of rotatable bonds is 4. The molecule has 0 amide bonds. The minimum atomic E-state index is -0.502. The molecule has 112 valence electrons. The third-order valence-electron chi connectivity index (χ3n) is 4.36. The van der Waals surface area contributed by atoms with Gasteiger partial charge in [0.05, 0.1) is 0 Å². The Morgan fingerprint density at radius 1 is 1.38 bits per heavy atom. The van der Waals surface area contributed by atoms with Crippen LogP contribution in [0.15, 0.2) is 22.7 Å². The molecule has 1 N–H and O–H groups in total. The normalized spacial score (nSPS) is 17.3. The van der Waals surface area contributed by atoms with Gasteiger partial charge in [0.25, 0.3) is 5.89 Å². The average Bonchev–Trinajstić information content (AvgIpc) is 3.04. The molecular formula is C16H21N3O2. The van der Waals surface area contributed by atoms with Crippen LogP contribution in [0.3, 0.4) is 0 Å². The van der Waals surface area contributed by atoms with Crippen LogP contribution in [0, 0.1) is 0 Å². The summed E-state index contributed by atoms with van der Waals surface area (Å²) in [4.78, 5) is 4.52. The average molecular weight is 287 g/mol. The van der Waals surface area contributed by atoms with Gasteiger partial charge in [0, 0.05) is 19.2 Å². The maximum absolute atomic E-state index is 5.52. The zero-order chi connectivity index (χ0) is 14.9. The lowest BCUT2D eigenvalue weighted by molar-refractivity contribution is -0.0106. The largest absolute Gasteiger partial charge is 0.370 e. The van der Waals surface area contributed by atoms with Crippen LogP contribution >= 0.6 is 0 Å². The van der Waals surface area contributed by atoms with Crippen LogP contribution < -0.4 is 5.32 Å². The van der Waals surface area contributed by atoms with E-state index >= 15 is 0 Å². The summed E-state index contributed by atoms with van der Waals surface area (Å²) in [6.07, 6.45) is 1.86. The van der Waals surface area contributed by atoms with Gasteiger partial charge < -0.3 is 14.6 Å². The van der Waals surface area contributed by atoms with Crippen LogP contribution in [0.25, 0.3) is 11.5 Å². The quantitative estimate of drug-likeness (QED) is 0.936. The number of nitrogens with one attached hydrogen (secondary N) is 1. The Kier molecular flexibility index (Phi) is 3.78. The lowest BCUT2D eigenvalue weighted by atomic mass is 9.98. The van der Waals surface area contributed by atoms with Crippen LogP contribution in [0.1, 0.15) is 37.2 Å². The number of ether oxygens (including phenoxy) is 1. The molecule has 1 aliphatic heterocycles. The molecule has 0 saturated heterocycles. The van der Waals surface area contributed by atoms with E-state index in [4.69, 9.17) is 9.26 Å². The summed E-state index contributed by atoms with van der Waals surface area (Å²) in [5.41, 5.74) is 3.17. The zero-order valence-corrected chi connectivity index (χ0v) is 12.8. The van der Waals surface area contributed by atoms with E-state index in [0.717, 1.165) is 31.5 Å². The molecule has 0 spiro atoms. The number of nitrogens with zero attached hydrogens (tertiary/aromatic N) is 2. The second kappa shape index (κ2) is 5.58. The minimum absolute atomic E-state index is 0.502. The molecule has 2 aromatic rings. The molecule has 1 aromatic carbocycles. The van der Waals surface area contributed by atoms with Crippen LogP contribution in [0.4, 0.5) is 0 Å². The van der Waals surface area contributed by atoms with Crippen molar-refractivity contribution in [2.24, 2.45) is 0 Å². The molecule has 0 aliphatic carbocycles. The van der Waals surface area contributed by atoms with Gasteiger partial charge in [-0.1, -0.05) is 18.1 Å². The Morgan fingerprint density at radius 2 is 2.24 bits per heavy atom. The highest BCUT2D eigenvalue weighted by Gasteiger charge is 2.30. The summed E-state index contributed by atoms with van der Waals surface area (Å²) in [7, 11) is 1.67. The summed E-state index contributed by atoms with van der Waals surface area (Å²) in [5, 5.41) is 7.47. The van der Waals surface area contributed by atoms with Gasteiger partial charge in [-0.05, 0) is 49.6 Å². The Hall–Kier alpha value is -1.72. The number of hydrogen-bond donors (Lipinski definition) is 1. The molecular weight excluding hydrogens is 266 g/mol. The first kappa shape index (κ1) is 14.2. The van der Waals surface area contributed by atoms with Crippen molar-refractivity contribution in [3.8, 4) is 11.5 Å². The molecule has 5 heteroatoms. The molecule has 3 rings (SSSR count). The predicted molar refractivity (Wildman–Crippen MR) is 79.8 cm³/mol. The molecule has 5 nitrogen and oxygen atoms in total. The van der Waals surface area contributed by atoms with E-state index in [1.165, 1.54) is 11.1 Å². The third-order valence-corrected chi connectivity index (χ3v) is 4.36. The van der Waals surface area contributed by atoms with Crippen LogP contribution in [-0.2, 0) is 23.3 Å². The first-order valence-corrected chi connectivity index (χ1v) is 7.38. The van der Waals surface area contributed by atoms with Gasteiger partial charge in [0.2, 0.25) is 5.82 Å². The first-order chi connectivity index (χ1) is 10.2. The molecule has 21 heavy (non-hydrogen) atoms. The van der Waals surface area contributed by atoms with Gasteiger partial charge in [0.15, 0.2) is 0 Å². The lowest BCUT2D eigenvalue weighted by Crippen LogP contribution is -2.24. The molecule has 1 atom stereocenters. The number of methoxy groups -OCH3 is 1. The van der Waals surface area contributed by atoms with Crippen molar-refractivity contribution >= 4 is 0 Å². The van der Waals surface area contributed by atoms with E-state index in [1.807, 2.05) is 13.8 Å². The van der Waals surface area contributed by atoms with E-state index in [2.05, 4.69) is 33.7 Å². The summed E-state index contributed by atoms with van der Waals surface area (Å²) in [6, 6.07) is 6.34. The maximum atomic E-state index is 5.52. The monoisotopic (exact) mass is 287 g/mol. The van der Waals surface area contributed by atoms with E-state index in [1.54, 1.807) is 7.11 Å². The lowest BCUT2D eigenvalue weighted by Gasteiger charge is -2.21.